The lowest BCUT2D eigenvalue weighted by Gasteiger charge is -2.48. The zero-order chi connectivity index (χ0) is 22.1. The predicted molar refractivity (Wildman–Crippen MR) is 125 cm³/mol. The maximum Gasteiger partial charge on any atom is 0.239 e. The zero-order valence-electron chi connectivity index (χ0n) is 18.1. The minimum Gasteiger partial charge on any atom is -0.384 e. The Balaban J connectivity index is 1.07. The standard InChI is InChI=1S/C23H28N6O2S/c1-15-8-18-19(26-9-15)4-7-25-22(18)27-11-21(30)28-16-12-29(13-16)17-2-5-23(31,6-3-17)20-10-24-14-32-20/h4,7-10,14,16-17,31H,2-3,5-6,11-13H2,1H3,(H,25,27)(H,28,30)/t17-,23+. The van der Waals surface area contributed by atoms with Gasteiger partial charge in [-0.3, -0.25) is 19.7 Å². The molecule has 9 heteroatoms. The van der Waals surface area contributed by atoms with E-state index in [1.165, 1.54) is 11.3 Å². The van der Waals surface area contributed by atoms with Crippen LogP contribution < -0.4 is 10.6 Å². The summed E-state index contributed by atoms with van der Waals surface area (Å²) in [6, 6.07) is 4.55. The van der Waals surface area contributed by atoms with Gasteiger partial charge in [0.1, 0.15) is 11.4 Å². The average molecular weight is 453 g/mol. The second-order valence-corrected chi connectivity index (χ2v) is 9.83. The van der Waals surface area contributed by atoms with E-state index in [1.807, 2.05) is 25.3 Å². The average Bonchev–Trinajstić information content (AvgIpc) is 3.31. The monoisotopic (exact) mass is 452 g/mol. The van der Waals surface area contributed by atoms with Crippen molar-refractivity contribution >= 4 is 34.0 Å². The molecule has 4 heterocycles. The molecule has 0 bridgehead atoms. The number of thiazole rings is 1. The second kappa shape index (κ2) is 8.73. The molecule has 0 radical (unpaired) electrons. The molecule has 0 aromatic carbocycles. The number of carbonyl (C=O) groups excluding carboxylic acids is 1. The number of nitrogens with one attached hydrogen (secondary N) is 2. The van der Waals surface area contributed by atoms with Crippen LogP contribution in [0.1, 0.15) is 36.1 Å². The Labute approximate surface area is 191 Å². The van der Waals surface area contributed by atoms with E-state index in [0.29, 0.717) is 11.9 Å². The topological polar surface area (TPSA) is 103 Å². The van der Waals surface area contributed by atoms with Crippen molar-refractivity contribution < 1.29 is 9.90 Å². The first-order chi connectivity index (χ1) is 15.5. The van der Waals surface area contributed by atoms with Crippen LogP contribution in [0.2, 0.25) is 0 Å². The lowest BCUT2D eigenvalue weighted by Crippen LogP contribution is -2.63. The Kier molecular flexibility index (Phi) is 5.79. The van der Waals surface area contributed by atoms with Crippen LogP contribution in [0.15, 0.2) is 36.2 Å². The highest BCUT2D eigenvalue weighted by atomic mass is 32.1. The molecular weight excluding hydrogens is 424 g/mol. The Morgan fingerprint density at radius 1 is 1.28 bits per heavy atom. The summed E-state index contributed by atoms with van der Waals surface area (Å²) in [5.74, 6) is 0.650. The highest BCUT2D eigenvalue weighted by Gasteiger charge is 2.40. The molecule has 3 aromatic heterocycles. The molecule has 0 atom stereocenters. The largest absolute Gasteiger partial charge is 0.384 e. The number of fused-ring (bicyclic) bond motifs is 1. The van der Waals surface area contributed by atoms with E-state index < -0.39 is 5.60 Å². The molecule has 2 fully saturated rings. The summed E-state index contributed by atoms with van der Waals surface area (Å²) in [5.41, 5.74) is 2.98. The molecule has 3 N–H and O–H groups in total. The highest BCUT2D eigenvalue weighted by Crippen LogP contribution is 2.40. The smallest absolute Gasteiger partial charge is 0.239 e. The van der Waals surface area contributed by atoms with Crippen LogP contribution in [0.25, 0.3) is 10.9 Å². The Morgan fingerprint density at radius 3 is 2.84 bits per heavy atom. The first-order valence-electron chi connectivity index (χ1n) is 11.1. The van der Waals surface area contributed by atoms with Gasteiger partial charge in [-0.15, -0.1) is 11.3 Å². The van der Waals surface area contributed by atoms with Gasteiger partial charge in [-0.2, -0.15) is 0 Å². The summed E-state index contributed by atoms with van der Waals surface area (Å²) in [6.45, 7) is 3.91. The van der Waals surface area contributed by atoms with Gasteiger partial charge >= 0.3 is 0 Å². The lowest BCUT2D eigenvalue weighted by atomic mass is 9.80. The number of aromatic nitrogens is 3. The van der Waals surface area contributed by atoms with Crippen molar-refractivity contribution in [2.75, 3.05) is 25.0 Å². The summed E-state index contributed by atoms with van der Waals surface area (Å²) in [5, 5.41) is 18.1. The van der Waals surface area contributed by atoms with Gasteiger partial charge in [0.2, 0.25) is 5.91 Å². The summed E-state index contributed by atoms with van der Waals surface area (Å²) in [7, 11) is 0. The molecule has 5 rings (SSSR count). The number of aryl methyl sites for hydroxylation is 1. The van der Waals surface area contributed by atoms with Crippen molar-refractivity contribution in [2.45, 2.75) is 50.3 Å². The first-order valence-corrected chi connectivity index (χ1v) is 12.0. The highest BCUT2D eigenvalue weighted by molar-refractivity contribution is 7.09. The molecule has 2 aliphatic rings. The molecular formula is C23H28N6O2S. The number of hydrogen-bond donors (Lipinski definition) is 3. The van der Waals surface area contributed by atoms with Crippen molar-refractivity contribution in [1.29, 1.82) is 0 Å². The van der Waals surface area contributed by atoms with Crippen molar-refractivity contribution in [3.63, 3.8) is 0 Å². The Morgan fingerprint density at radius 2 is 2.09 bits per heavy atom. The van der Waals surface area contributed by atoms with Gasteiger partial charge in [0.25, 0.3) is 0 Å². The number of anilines is 1. The molecule has 32 heavy (non-hydrogen) atoms. The minimum absolute atomic E-state index is 0.0303. The molecule has 1 saturated carbocycles. The molecule has 168 valence electrons. The van der Waals surface area contributed by atoms with E-state index in [1.54, 1.807) is 17.9 Å². The van der Waals surface area contributed by atoms with Gasteiger partial charge in [-0.25, -0.2) is 4.98 Å². The van der Waals surface area contributed by atoms with Crippen LogP contribution in [0.3, 0.4) is 0 Å². The van der Waals surface area contributed by atoms with E-state index in [2.05, 4.69) is 30.5 Å². The van der Waals surface area contributed by atoms with Crippen LogP contribution in [0, 0.1) is 6.92 Å². The quantitative estimate of drug-likeness (QED) is 0.528. The maximum atomic E-state index is 12.4. The van der Waals surface area contributed by atoms with Gasteiger partial charge in [-0.1, -0.05) is 0 Å². The molecule has 1 aliphatic heterocycles. The zero-order valence-corrected chi connectivity index (χ0v) is 18.9. The van der Waals surface area contributed by atoms with Crippen molar-refractivity contribution in [3.05, 3.63) is 46.7 Å². The maximum absolute atomic E-state index is 12.4. The molecule has 3 aromatic rings. The van der Waals surface area contributed by atoms with Crippen LogP contribution in [0.5, 0.6) is 0 Å². The van der Waals surface area contributed by atoms with Gasteiger partial charge in [0.15, 0.2) is 0 Å². The fourth-order valence-electron chi connectivity index (χ4n) is 4.78. The van der Waals surface area contributed by atoms with E-state index in [0.717, 1.165) is 60.1 Å². The van der Waals surface area contributed by atoms with Crippen molar-refractivity contribution in [3.8, 4) is 0 Å². The third-order valence-corrected chi connectivity index (χ3v) is 7.59. The van der Waals surface area contributed by atoms with E-state index in [9.17, 15) is 9.90 Å². The number of nitrogens with zero attached hydrogens (tertiary/aromatic N) is 4. The van der Waals surface area contributed by atoms with E-state index in [4.69, 9.17) is 0 Å². The third kappa shape index (κ3) is 4.32. The first kappa shape index (κ1) is 21.2. The van der Waals surface area contributed by atoms with Crippen molar-refractivity contribution in [2.24, 2.45) is 0 Å². The number of rotatable bonds is 6. The third-order valence-electron chi connectivity index (χ3n) is 6.63. The number of aliphatic hydroxyl groups is 1. The van der Waals surface area contributed by atoms with Gasteiger partial charge in [-0.05, 0) is 50.3 Å². The summed E-state index contributed by atoms with van der Waals surface area (Å²) in [4.78, 5) is 28.7. The molecule has 1 aliphatic carbocycles. The van der Waals surface area contributed by atoms with Gasteiger partial charge in [0, 0.05) is 43.1 Å². The SMILES string of the molecule is Cc1cnc2ccnc(NCC(=O)NC3CN([C@H]4CC[C@](O)(c5cncs5)CC4)C3)c2c1. The fraction of sp³-hybridized carbons (Fsp3) is 0.478. The Bertz CT molecular complexity index is 1090. The number of pyridine rings is 2. The lowest BCUT2D eigenvalue weighted by molar-refractivity contribution is -0.121. The Hall–Kier alpha value is -2.62. The molecule has 0 unspecified atom stereocenters. The molecule has 8 nitrogen and oxygen atoms in total. The number of hydrogen-bond acceptors (Lipinski definition) is 8. The second-order valence-electron chi connectivity index (χ2n) is 8.94. The van der Waals surface area contributed by atoms with Crippen LogP contribution in [0.4, 0.5) is 5.82 Å². The number of likely N-dealkylation sites (tertiary alicyclic amines) is 1. The van der Waals surface area contributed by atoms with Crippen LogP contribution in [-0.4, -0.2) is 62.6 Å². The molecule has 1 saturated heterocycles. The van der Waals surface area contributed by atoms with Crippen LogP contribution in [-0.2, 0) is 10.4 Å². The minimum atomic E-state index is -0.717. The van der Waals surface area contributed by atoms with Gasteiger partial charge < -0.3 is 15.7 Å². The summed E-state index contributed by atoms with van der Waals surface area (Å²) >= 11 is 1.53. The summed E-state index contributed by atoms with van der Waals surface area (Å²) in [6.07, 6.45) is 8.79. The fourth-order valence-corrected chi connectivity index (χ4v) is 5.56. The van der Waals surface area contributed by atoms with E-state index in [-0.39, 0.29) is 18.5 Å². The van der Waals surface area contributed by atoms with Gasteiger partial charge in [0.05, 0.1) is 28.5 Å². The molecule has 1 amide bonds. The van der Waals surface area contributed by atoms with Crippen molar-refractivity contribution in [1.82, 2.24) is 25.2 Å². The van der Waals surface area contributed by atoms with Crippen LogP contribution >= 0.6 is 11.3 Å². The van der Waals surface area contributed by atoms with E-state index >= 15 is 0 Å². The predicted octanol–water partition coefficient (Wildman–Crippen LogP) is 2.44. The number of carbonyl (C=O) groups is 1. The number of amides is 1. The summed E-state index contributed by atoms with van der Waals surface area (Å²) < 4.78 is 0. The normalized spacial score (nSPS) is 24.2. The molecule has 0 spiro atoms.